The summed E-state index contributed by atoms with van der Waals surface area (Å²) >= 11 is 6.01. The molecule has 4 heteroatoms. The monoisotopic (exact) mass is 313 g/mol. The highest BCUT2D eigenvalue weighted by Gasteiger charge is 2.27. The lowest BCUT2D eigenvalue weighted by Crippen LogP contribution is -2.18. The van der Waals surface area contributed by atoms with Gasteiger partial charge in [-0.25, -0.2) is 4.79 Å². The largest absolute Gasteiger partial charge is 0.478 e. The minimum atomic E-state index is -0.883. The maximum absolute atomic E-state index is 11.7. The molecule has 2 aromatic carbocycles. The summed E-state index contributed by atoms with van der Waals surface area (Å²) in [5.74, 6) is -0.696. The molecule has 0 spiro atoms. The van der Waals surface area contributed by atoms with Crippen LogP contribution in [-0.4, -0.2) is 11.1 Å². The van der Waals surface area contributed by atoms with Gasteiger partial charge in [-0.15, -0.1) is 0 Å². The van der Waals surface area contributed by atoms with Gasteiger partial charge in [-0.2, -0.15) is 0 Å². The van der Waals surface area contributed by atoms with Crippen molar-refractivity contribution in [1.82, 2.24) is 0 Å². The van der Waals surface area contributed by atoms with Gasteiger partial charge < -0.3 is 10.4 Å². The van der Waals surface area contributed by atoms with Gasteiger partial charge in [0, 0.05) is 16.3 Å². The van der Waals surface area contributed by atoms with E-state index in [4.69, 9.17) is 11.6 Å². The van der Waals surface area contributed by atoms with Crippen LogP contribution >= 0.6 is 11.6 Å². The molecule has 0 heterocycles. The van der Waals surface area contributed by atoms with E-state index < -0.39 is 5.97 Å². The third-order valence-electron chi connectivity index (χ3n) is 3.93. The Hall–Kier alpha value is -2.26. The zero-order chi connectivity index (χ0) is 15.7. The highest BCUT2D eigenvalue weighted by molar-refractivity contribution is 6.30. The number of benzene rings is 2. The fourth-order valence-electron chi connectivity index (χ4n) is 2.88. The Morgan fingerprint density at radius 1 is 1.23 bits per heavy atom. The van der Waals surface area contributed by atoms with Gasteiger partial charge in [0.25, 0.3) is 0 Å². The molecule has 22 heavy (non-hydrogen) atoms. The molecule has 1 aliphatic rings. The molecule has 3 nitrogen and oxygen atoms in total. The highest BCUT2D eigenvalue weighted by Crippen LogP contribution is 2.39. The number of anilines is 1. The van der Waals surface area contributed by atoms with Crippen molar-refractivity contribution >= 4 is 29.0 Å². The fourth-order valence-corrected chi connectivity index (χ4v) is 3.07. The van der Waals surface area contributed by atoms with Crippen molar-refractivity contribution < 1.29 is 9.90 Å². The van der Waals surface area contributed by atoms with Gasteiger partial charge in [-0.05, 0) is 36.1 Å². The zero-order valence-electron chi connectivity index (χ0n) is 12.1. The van der Waals surface area contributed by atoms with E-state index in [2.05, 4.69) is 18.3 Å². The van der Waals surface area contributed by atoms with Gasteiger partial charge in [0.15, 0.2) is 0 Å². The van der Waals surface area contributed by atoms with Gasteiger partial charge in [0.05, 0.1) is 11.3 Å². The van der Waals surface area contributed by atoms with E-state index in [1.54, 1.807) is 12.1 Å². The molecular weight excluding hydrogens is 298 g/mol. The van der Waals surface area contributed by atoms with Gasteiger partial charge >= 0.3 is 5.97 Å². The Balaban J connectivity index is 2.11. The standard InChI is InChI=1S/C18H16ClNO2/c1-11-9-16(18(21)22)17(15-8-3-2-7-14(11)15)20-13-6-4-5-12(19)10-13/h2-8,10-11,20H,9H2,1H3,(H,21,22). The van der Waals surface area contributed by atoms with Crippen molar-refractivity contribution in [3.63, 3.8) is 0 Å². The zero-order valence-corrected chi connectivity index (χ0v) is 12.9. The topological polar surface area (TPSA) is 49.3 Å². The average molecular weight is 314 g/mol. The third-order valence-corrected chi connectivity index (χ3v) is 4.16. The van der Waals surface area contributed by atoms with Crippen LogP contribution in [0.3, 0.4) is 0 Å². The molecule has 0 amide bonds. The number of aliphatic carboxylic acids is 1. The van der Waals surface area contributed by atoms with Crippen LogP contribution in [0.15, 0.2) is 54.1 Å². The second-order valence-electron chi connectivity index (χ2n) is 5.49. The number of rotatable bonds is 3. The minimum Gasteiger partial charge on any atom is -0.478 e. The first-order chi connectivity index (χ1) is 10.6. The molecule has 0 radical (unpaired) electrons. The molecule has 0 aliphatic heterocycles. The van der Waals surface area contributed by atoms with E-state index in [1.807, 2.05) is 30.3 Å². The molecule has 1 aliphatic carbocycles. The van der Waals surface area contributed by atoms with Crippen molar-refractivity contribution in [2.45, 2.75) is 19.3 Å². The first-order valence-electron chi connectivity index (χ1n) is 7.14. The van der Waals surface area contributed by atoms with Crippen LogP contribution in [0.2, 0.25) is 5.02 Å². The summed E-state index contributed by atoms with van der Waals surface area (Å²) < 4.78 is 0. The van der Waals surface area contributed by atoms with Gasteiger partial charge in [-0.3, -0.25) is 0 Å². The van der Waals surface area contributed by atoms with E-state index in [0.717, 1.165) is 16.8 Å². The summed E-state index contributed by atoms with van der Waals surface area (Å²) in [6, 6.07) is 15.2. The lowest BCUT2D eigenvalue weighted by molar-refractivity contribution is -0.132. The summed E-state index contributed by atoms with van der Waals surface area (Å²) in [6.07, 6.45) is 0.509. The smallest absolute Gasteiger partial charge is 0.333 e. The molecule has 3 rings (SSSR count). The van der Waals surface area contributed by atoms with Crippen LogP contribution < -0.4 is 5.32 Å². The predicted molar refractivity (Wildman–Crippen MR) is 89.1 cm³/mol. The number of carbonyl (C=O) groups is 1. The number of hydrogen-bond donors (Lipinski definition) is 2. The minimum absolute atomic E-state index is 0.187. The van der Waals surface area contributed by atoms with Crippen molar-refractivity contribution in [2.24, 2.45) is 0 Å². The second-order valence-corrected chi connectivity index (χ2v) is 5.92. The number of fused-ring (bicyclic) bond motifs is 1. The van der Waals surface area contributed by atoms with E-state index in [9.17, 15) is 9.90 Å². The van der Waals surface area contributed by atoms with Crippen molar-refractivity contribution in [3.05, 3.63) is 70.3 Å². The van der Waals surface area contributed by atoms with E-state index in [0.29, 0.717) is 22.7 Å². The Kier molecular flexibility index (Phi) is 3.90. The normalized spacial score (nSPS) is 17.1. The van der Waals surface area contributed by atoms with Crippen molar-refractivity contribution in [2.75, 3.05) is 5.32 Å². The van der Waals surface area contributed by atoms with Crippen LogP contribution in [0.5, 0.6) is 0 Å². The van der Waals surface area contributed by atoms with Gasteiger partial charge in [0.2, 0.25) is 0 Å². The molecule has 0 fully saturated rings. The first kappa shape index (κ1) is 14.7. The number of hydrogen-bond acceptors (Lipinski definition) is 2. The summed E-state index contributed by atoms with van der Waals surface area (Å²) in [5, 5.41) is 13.4. The number of nitrogens with one attached hydrogen (secondary N) is 1. The molecular formula is C18H16ClNO2. The van der Waals surface area contributed by atoms with Crippen LogP contribution in [0.4, 0.5) is 5.69 Å². The molecule has 1 unspecified atom stereocenters. The summed E-state index contributed by atoms with van der Waals surface area (Å²) in [5.41, 5.74) is 3.95. The predicted octanol–water partition coefficient (Wildman–Crippen LogP) is 4.76. The lowest BCUT2D eigenvalue weighted by atomic mass is 9.82. The molecule has 0 saturated heterocycles. The van der Waals surface area contributed by atoms with Crippen molar-refractivity contribution in [3.8, 4) is 0 Å². The van der Waals surface area contributed by atoms with Gasteiger partial charge in [0.1, 0.15) is 0 Å². The second kappa shape index (κ2) is 5.85. The fraction of sp³-hybridized carbons (Fsp3) is 0.167. The number of halogens is 1. The molecule has 2 N–H and O–H groups in total. The number of carboxylic acids is 1. The molecule has 0 bridgehead atoms. The van der Waals surface area contributed by atoms with E-state index in [1.165, 1.54) is 0 Å². The third kappa shape index (κ3) is 2.72. The first-order valence-corrected chi connectivity index (χ1v) is 7.52. The van der Waals surface area contributed by atoms with E-state index in [-0.39, 0.29) is 5.92 Å². The maximum atomic E-state index is 11.7. The summed E-state index contributed by atoms with van der Waals surface area (Å²) in [4.78, 5) is 11.7. The van der Waals surface area contributed by atoms with Crippen LogP contribution in [0.1, 0.15) is 30.4 Å². The molecule has 0 aromatic heterocycles. The quantitative estimate of drug-likeness (QED) is 0.859. The molecule has 2 aromatic rings. The highest BCUT2D eigenvalue weighted by atomic mass is 35.5. The van der Waals surface area contributed by atoms with Crippen molar-refractivity contribution in [1.29, 1.82) is 0 Å². The SMILES string of the molecule is CC1CC(C(=O)O)=C(Nc2cccc(Cl)c2)c2ccccc21. The Morgan fingerprint density at radius 3 is 2.73 bits per heavy atom. The summed E-state index contributed by atoms with van der Waals surface area (Å²) in [7, 11) is 0. The maximum Gasteiger partial charge on any atom is 0.333 e. The van der Waals surface area contributed by atoms with Gasteiger partial charge in [-0.1, -0.05) is 48.9 Å². The lowest BCUT2D eigenvalue weighted by Gasteiger charge is -2.27. The molecule has 1 atom stereocenters. The van der Waals surface area contributed by atoms with Crippen LogP contribution in [-0.2, 0) is 4.79 Å². The Bertz CT molecular complexity index is 767. The van der Waals surface area contributed by atoms with Crippen LogP contribution in [0.25, 0.3) is 5.70 Å². The summed E-state index contributed by atoms with van der Waals surface area (Å²) in [6.45, 7) is 2.05. The van der Waals surface area contributed by atoms with Crippen LogP contribution in [0, 0.1) is 0 Å². The Labute approximate surface area is 134 Å². The average Bonchev–Trinajstić information content (AvgIpc) is 2.50. The molecule has 112 valence electrons. The van der Waals surface area contributed by atoms with E-state index >= 15 is 0 Å². The molecule has 0 saturated carbocycles. The Morgan fingerprint density at radius 2 is 2.00 bits per heavy atom. The number of carboxylic acid groups (broad SMARTS) is 1.